The molecule has 1 aliphatic rings. The zero-order valence-electron chi connectivity index (χ0n) is 7.73. The van der Waals surface area contributed by atoms with E-state index in [0.717, 1.165) is 25.7 Å². The lowest BCUT2D eigenvalue weighted by Gasteiger charge is -2.32. The van der Waals surface area contributed by atoms with Gasteiger partial charge in [-0.15, -0.1) is 0 Å². The summed E-state index contributed by atoms with van der Waals surface area (Å²) in [5, 5.41) is 2.75. The second-order valence-electron chi connectivity index (χ2n) is 3.54. The Morgan fingerprint density at radius 2 is 2.15 bits per heavy atom. The van der Waals surface area contributed by atoms with Gasteiger partial charge in [0.1, 0.15) is 6.10 Å². The van der Waals surface area contributed by atoms with Crippen molar-refractivity contribution in [3.8, 4) is 0 Å². The monoisotopic (exact) mass is 185 g/mol. The van der Waals surface area contributed by atoms with Crippen LogP contribution in [-0.4, -0.2) is 25.0 Å². The molecule has 0 spiro atoms. The van der Waals surface area contributed by atoms with Crippen molar-refractivity contribution in [3.63, 3.8) is 0 Å². The lowest BCUT2D eigenvalue weighted by molar-refractivity contribution is -0.138. The van der Waals surface area contributed by atoms with Crippen LogP contribution in [0, 0.1) is 5.92 Å². The summed E-state index contributed by atoms with van der Waals surface area (Å²) in [6.07, 6.45) is 3.38. The van der Waals surface area contributed by atoms with Crippen molar-refractivity contribution in [1.29, 1.82) is 0 Å². The van der Waals surface area contributed by atoms with Crippen molar-refractivity contribution < 1.29 is 14.3 Å². The Labute approximate surface area is 77.6 Å². The molecule has 4 nitrogen and oxygen atoms in total. The van der Waals surface area contributed by atoms with E-state index in [2.05, 4.69) is 5.32 Å². The van der Waals surface area contributed by atoms with Crippen LogP contribution in [0.25, 0.3) is 0 Å². The number of hydrogen-bond donors (Lipinski definition) is 1. The van der Waals surface area contributed by atoms with Crippen LogP contribution in [0.3, 0.4) is 0 Å². The smallest absolute Gasteiger partial charge is 0.293 e. The number of nitrogens with one attached hydrogen (secondary N) is 1. The Hall–Kier alpha value is -1.06. The van der Waals surface area contributed by atoms with E-state index in [1.54, 1.807) is 0 Å². The zero-order chi connectivity index (χ0) is 9.68. The summed E-state index contributed by atoms with van der Waals surface area (Å²) >= 11 is 0. The second kappa shape index (κ2) is 4.84. The summed E-state index contributed by atoms with van der Waals surface area (Å²) in [5.41, 5.74) is 0. The quantitative estimate of drug-likeness (QED) is 0.647. The van der Waals surface area contributed by atoms with Crippen LogP contribution >= 0.6 is 0 Å². The van der Waals surface area contributed by atoms with Gasteiger partial charge in [-0.25, -0.2) is 0 Å². The summed E-state index contributed by atoms with van der Waals surface area (Å²) < 4.78 is 4.92. The van der Waals surface area contributed by atoms with E-state index in [0.29, 0.717) is 12.4 Å². The Bertz CT molecular complexity index is 184. The molecule has 74 valence electrons. The Morgan fingerprint density at radius 1 is 1.38 bits per heavy atom. The van der Waals surface area contributed by atoms with E-state index >= 15 is 0 Å². The maximum atomic E-state index is 10.2. The number of amides is 1. The number of ether oxygens (including phenoxy) is 1. The molecule has 0 saturated heterocycles. The van der Waals surface area contributed by atoms with Gasteiger partial charge in [-0.3, -0.25) is 9.59 Å². The molecular weight excluding hydrogens is 170 g/mol. The highest BCUT2D eigenvalue weighted by Crippen LogP contribution is 2.26. The summed E-state index contributed by atoms with van der Waals surface area (Å²) in [6, 6.07) is 0.249. The first-order chi connectivity index (χ1) is 6.27. The van der Waals surface area contributed by atoms with Crippen molar-refractivity contribution in [1.82, 2.24) is 5.32 Å². The molecule has 0 aromatic heterocycles. The van der Waals surface area contributed by atoms with E-state index in [1.807, 2.05) is 6.92 Å². The highest BCUT2D eigenvalue weighted by molar-refractivity contribution is 5.46. The summed E-state index contributed by atoms with van der Waals surface area (Å²) in [4.78, 5) is 20.3. The average Bonchev–Trinajstić information content (AvgIpc) is 2.10. The minimum absolute atomic E-state index is 0.0298. The van der Waals surface area contributed by atoms with Crippen LogP contribution in [0.5, 0.6) is 0 Å². The number of rotatable bonds is 4. The average molecular weight is 185 g/mol. The van der Waals surface area contributed by atoms with Gasteiger partial charge in [0.05, 0.1) is 0 Å². The molecule has 0 aromatic carbocycles. The number of hydrogen-bond acceptors (Lipinski definition) is 3. The molecule has 1 saturated carbocycles. The third kappa shape index (κ3) is 2.72. The Kier molecular flexibility index (Phi) is 3.73. The normalized spacial score (nSPS) is 33.5. The van der Waals surface area contributed by atoms with Crippen molar-refractivity contribution >= 4 is 12.9 Å². The predicted octanol–water partition coefficient (Wildman–Crippen LogP) is 0.463. The fourth-order valence-electron chi connectivity index (χ4n) is 1.89. The molecule has 1 fully saturated rings. The standard InChI is InChI=1S/C9H15NO3/c1-7-4-8(10-5-11)2-3-9(7)13-6-12/h5-9H,2-4H2,1H3,(H,10,11)/t7-,8+,9-/m1/s1. The maximum absolute atomic E-state index is 10.2. The van der Waals surface area contributed by atoms with Crippen LogP contribution in [0.4, 0.5) is 0 Å². The summed E-state index contributed by atoms with van der Waals surface area (Å²) in [6.45, 7) is 2.54. The molecule has 0 heterocycles. The van der Waals surface area contributed by atoms with E-state index in [9.17, 15) is 9.59 Å². The first-order valence-corrected chi connectivity index (χ1v) is 4.56. The van der Waals surface area contributed by atoms with Gasteiger partial charge in [0.2, 0.25) is 6.41 Å². The SMILES string of the molecule is C[C@@H]1C[C@@H](NC=O)CC[C@H]1OC=O. The van der Waals surface area contributed by atoms with Gasteiger partial charge in [0, 0.05) is 6.04 Å². The molecule has 1 N–H and O–H groups in total. The molecule has 0 bridgehead atoms. The molecule has 0 unspecified atom stereocenters. The van der Waals surface area contributed by atoms with E-state index < -0.39 is 0 Å². The fourth-order valence-corrected chi connectivity index (χ4v) is 1.89. The molecule has 0 radical (unpaired) electrons. The van der Waals surface area contributed by atoms with Gasteiger partial charge in [0.25, 0.3) is 6.47 Å². The van der Waals surface area contributed by atoms with E-state index in [-0.39, 0.29) is 12.1 Å². The molecule has 13 heavy (non-hydrogen) atoms. The van der Waals surface area contributed by atoms with Gasteiger partial charge in [-0.05, 0) is 25.2 Å². The first kappa shape index (κ1) is 10.0. The van der Waals surface area contributed by atoms with Crippen LogP contribution in [-0.2, 0) is 14.3 Å². The van der Waals surface area contributed by atoms with E-state index in [4.69, 9.17) is 4.74 Å². The van der Waals surface area contributed by atoms with Crippen molar-refractivity contribution in [2.24, 2.45) is 5.92 Å². The first-order valence-electron chi connectivity index (χ1n) is 4.56. The van der Waals surface area contributed by atoms with Crippen molar-refractivity contribution in [2.75, 3.05) is 0 Å². The highest BCUT2D eigenvalue weighted by atomic mass is 16.5. The molecule has 4 heteroatoms. The van der Waals surface area contributed by atoms with Gasteiger partial charge in [-0.1, -0.05) is 6.92 Å². The second-order valence-corrected chi connectivity index (χ2v) is 3.54. The number of carbonyl (C=O) groups is 2. The van der Waals surface area contributed by atoms with Crippen LogP contribution < -0.4 is 5.32 Å². The molecular formula is C9H15NO3. The molecule has 0 aromatic rings. The van der Waals surface area contributed by atoms with E-state index in [1.165, 1.54) is 0 Å². The fraction of sp³-hybridized carbons (Fsp3) is 0.778. The third-order valence-electron chi connectivity index (χ3n) is 2.62. The van der Waals surface area contributed by atoms with Gasteiger partial charge >= 0.3 is 0 Å². The molecule has 3 atom stereocenters. The minimum Gasteiger partial charge on any atom is -0.464 e. The summed E-state index contributed by atoms with van der Waals surface area (Å²) in [5.74, 6) is 0.330. The number of carbonyl (C=O) groups excluding carboxylic acids is 2. The molecule has 1 amide bonds. The maximum Gasteiger partial charge on any atom is 0.293 e. The van der Waals surface area contributed by atoms with Crippen LogP contribution in [0.1, 0.15) is 26.2 Å². The van der Waals surface area contributed by atoms with Crippen molar-refractivity contribution in [3.05, 3.63) is 0 Å². The third-order valence-corrected chi connectivity index (χ3v) is 2.62. The largest absolute Gasteiger partial charge is 0.464 e. The van der Waals surface area contributed by atoms with Crippen LogP contribution in [0.15, 0.2) is 0 Å². The molecule has 1 aliphatic carbocycles. The van der Waals surface area contributed by atoms with Gasteiger partial charge in [-0.2, -0.15) is 0 Å². The lowest BCUT2D eigenvalue weighted by Crippen LogP contribution is -2.39. The predicted molar refractivity (Wildman–Crippen MR) is 46.9 cm³/mol. The van der Waals surface area contributed by atoms with Crippen LogP contribution in [0.2, 0.25) is 0 Å². The Balaban J connectivity index is 2.36. The molecule has 1 rings (SSSR count). The lowest BCUT2D eigenvalue weighted by atomic mass is 9.84. The summed E-state index contributed by atoms with van der Waals surface area (Å²) in [7, 11) is 0. The van der Waals surface area contributed by atoms with Gasteiger partial charge < -0.3 is 10.1 Å². The minimum atomic E-state index is 0.0298. The highest BCUT2D eigenvalue weighted by Gasteiger charge is 2.28. The topological polar surface area (TPSA) is 55.4 Å². The van der Waals surface area contributed by atoms with Gasteiger partial charge in [0.15, 0.2) is 0 Å². The zero-order valence-corrected chi connectivity index (χ0v) is 7.73. The molecule has 0 aliphatic heterocycles. The Morgan fingerprint density at radius 3 is 2.69 bits per heavy atom. The van der Waals surface area contributed by atoms with Crippen molar-refractivity contribution in [2.45, 2.75) is 38.3 Å².